The molecule has 1 fully saturated rings. The minimum absolute atomic E-state index is 0.121. The van der Waals surface area contributed by atoms with Gasteiger partial charge in [-0.25, -0.2) is 32.9 Å². The highest BCUT2D eigenvalue weighted by Crippen LogP contribution is 2.34. The Kier molecular flexibility index (Phi) is 7.28. The van der Waals surface area contributed by atoms with Crippen LogP contribution in [0.2, 0.25) is 0 Å². The maximum Gasteiger partial charge on any atom is 0.346 e. The number of amides is 2. The van der Waals surface area contributed by atoms with E-state index in [9.17, 15) is 18.0 Å². The van der Waals surface area contributed by atoms with Gasteiger partial charge < -0.3 is 16.0 Å². The first-order chi connectivity index (χ1) is 18.8. The molecule has 0 bridgehead atoms. The predicted molar refractivity (Wildman–Crippen MR) is 140 cm³/mol. The number of carbonyl (C=O) groups excluding carboxylic acids is 1. The van der Waals surface area contributed by atoms with Crippen molar-refractivity contribution in [3.63, 3.8) is 0 Å². The van der Waals surface area contributed by atoms with Crippen molar-refractivity contribution < 1.29 is 22.8 Å². The number of aryl methyl sites for hydroxylation is 1. The summed E-state index contributed by atoms with van der Waals surface area (Å²) in [6, 6.07) is 9.57. The lowest BCUT2D eigenvalue weighted by Gasteiger charge is -2.23. The van der Waals surface area contributed by atoms with Crippen molar-refractivity contribution in [2.75, 3.05) is 29.6 Å². The van der Waals surface area contributed by atoms with E-state index in [1.807, 2.05) is 6.07 Å². The molecule has 2 aromatic carbocycles. The second-order valence-corrected chi connectivity index (χ2v) is 8.81. The minimum Gasteiger partial charge on any atom is -0.373 e. The van der Waals surface area contributed by atoms with E-state index in [1.165, 1.54) is 18.5 Å². The van der Waals surface area contributed by atoms with Crippen LogP contribution in [0.5, 0.6) is 0 Å². The molecule has 0 radical (unpaired) electrons. The molecule has 1 aliphatic heterocycles. The van der Waals surface area contributed by atoms with Crippen LogP contribution in [0, 0.1) is 24.4 Å². The first-order valence-corrected chi connectivity index (χ1v) is 12.0. The number of nitrogens with zero attached hydrogens (tertiary/aromatic N) is 4. The molecule has 9 nitrogen and oxygen atoms in total. The van der Waals surface area contributed by atoms with E-state index < -0.39 is 29.5 Å². The summed E-state index contributed by atoms with van der Waals surface area (Å²) in [5, 5.41) is 9.63. The fourth-order valence-corrected chi connectivity index (χ4v) is 4.29. The van der Waals surface area contributed by atoms with Crippen LogP contribution in [0.3, 0.4) is 0 Å². The van der Waals surface area contributed by atoms with E-state index in [0.29, 0.717) is 40.6 Å². The summed E-state index contributed by atoms with van der Waals surface area (Å²) in [5.41, 5.74) is 2.46. The van der Waals surface area contributed by atoms with Gasteiger partial charge in [-0.05, 0) is 54.4 Å². The Morgan fingerprint density at radius 2 is 1.82 bits per heavy atom. The molecule has 200 valence electrons. The highest BCUT2D eigenvalue weighted by molar-refractivity contribution is 5.90. The van der Waals surface area contributed by atoms with Gasteiger partial charge in [0.05, 0.1) is 24.0 Å². The largest absolute Gasteiger partial charge is 0.373 e. The molecule has 0 aliphatic carbocycles. The molecule has 39 heavy (non-hydrogen) atoms. The lowest BCUT2D eigenvalue weighted by atomic mass is 10.0. The lowest BCUT2D eigenvalue weighted by Crippen LogP contribution is -2.34. The van der Waals surface area contributed by atoms with Crippen molar-refractivity contribution in [1.29, 1.82) is 0 Å². The molecule has 1 aliphatic rings. The van der Waals surface area contributed by atoms with Gasteiger partial charge in [-0.15, -0.1) is 0 Å². The Labute approximate surface area is 222 Å². The van der Waals surface area contributed by atoms with E-state index in [2.05, 4.69) is 30.9 Å². The van der Waals surface area contributed by atoms with Gasteiger partial charge in [0.15, 0.2) is 0 Å². The molecule has 2 amide bonds. The fourth-order valence-electron chi connectivity index (χ4n) is 4.29. The Bertz CT molecular complexity index is 1520. The van der Waals surface area contributed by atoms with Crippen molar-refractivity contribution in [3.8, 4) is 11.3 Å². The Balaban J connectivity index is 1.40. The number of aromatic nitrogens is 3. The lowest BCUT2D eigenvalue weighted by molar-refractivity contribution is -0.0830. The summed E-state index contributed by atoms with van der Waals surface area (Å²) in [6.45, 7) is 1.86. The maximum atomic E-state index is 14.9. The second kappa shape index (κ2) is 11.0. The molecule has 3 heterocycles. The molecule has 0 spiro atoms. The van der Waals surface area contributed by atoms with E-state index in [-0.39, 0.29) is 17.9 Å². The molecule has 0 saturated carbocycles. The third-order valence-corrected chi connectivity index (χ3v) is 6.19. The number of hydrogen-bond donors (Lipinski definition) is 3. The average Bonchev–Trinajstić information content (AvgIpc) is 3.42. The van der Waals surface area contributed by atoms with Crippen molar-refractivity contribution in [1.82, 2.24) is 20.0 Å². The minimum atomic E-state index is -0.782. The zero-order chi connectivity index (χ0) is 27.5. The van der Waals surface area contributed by atoms with Gasteiger partial charge in [0, 0.05) is 43.0 Å². The topological polar surface area (TPSA) is 104 Å². The van der Waals surface area contributed by atoms with E-state index in [4.69, 9.17) is 4.84 Å². The molecule has 2 aromatic heterocycles. The summed E-state index contributed by atoms with van der Waals surface area (Å²) in [6.07, 6.45) is 3.36. The molecule has 0 unspecified atom stereocenters. The summed E-state index contributed by atoms with van der Waals surface area (Å²) < 4.78 is 42.5. The van der Waals surface area contributed by atoms with E-state index >= 15 is 0 Å². The molecular weight excluding hydrogens is 511 g/mol. The Morgan fingerprint density at radius 1 is 1.03 bits per heavy atom. The van der Waals surface area contributed by atoms with Gasteiger partial charge in [0.2, 0.25) is 0 Å². The monoisotopic (exact) mass is 535 g/mol. The number of halogens is 3. The molecule has 5 rings (SSSR count). The molecule has 1 saturated heterocycles. The molecular formula is C27H24F3N7O2. The number of hydrogen-bond acceptors (Lipinski definition) is 7. The number of rotatable bonds is 6. The van der Waals surface area contributed by atoms with Crippen LogP contribution in [0.4, 0.5) is 41.0 Å². The van der Waals surface area contributed by atoms with Crippen LogP contribution < -0.4 is 16.0 Å². The van der Waals surface area contributed by atoms with Gasteiger partial charge >= 0.3 is 6.03 Å². The third-order valence-electron chi connectivity index (χ3n) is 6.19. The number of urea groups is 1. The second-order valence-electron chi connectivity index (χ2n) is 8.81. The summed E-state index contributed by atoms with van der Waals surface area (Å²) in [4.78, 5) is 31.3. The van der Waals surface area contributed by atoms with Crippen molar-refractivity contribution in [3.05, 3.63) is 89.6 Å². The standard InChI is InChI=1S/C27H24F3N7O2/c1-15-8-20(30)23(36-27(38)37-24(5-7-39-37)16-9-17(28)11-18(29)10-16)12-21(15)35-26-19(4-3-6-32-26)22-13-25(31-2)34-14-33-22/h3-4,6,8-14,24H,5,7H2,1-2H3,(H,32,35)(H,36,38)(H,31,33,34)/t24-/m1/s1. The summed E-state index contributed by atoms with van der Waals surface area (Å²) in [7, 11) is 1.75. The number of anilines is 4. The number of pyridine rings is 1. The molecule has 4 aromatic rings. The Hall–Kier alpha value is -4.71. The van der Waals surface area contributed by atoms with Crippen molar-refractivity contribution in [2.45, 2.75) is 19.4 Å². The SMILES string of the molecule is CNc1cc(-c2cccnc2Nc2cc(NC(=O)N3OCC[C@@H]3c3cc(F)cc(F)c3)c(F)cc2C)ncn1. The normalized spacial score (nSPS) is 14.8. The zero-order valence-corrected chi connectivity index (χ0v) is 21.0. The van der Waals surface area contributed by atoms with Gasteiger partial charge in [-0.2, -0.15) is 5.06 Å². The van der Waals surface area contributed by atoms with Gasteiger partial charge in [-0.1, -0.05) is 0 Å². The Morgan fingerprint density at radius 3 is 2.59 bits per heavy atom. The highest BCUT2D eigenvalue weighted by Gasteiger charge is 2.33. The molecule has 12 heteroatoms. The molecule has 1 atom stereocenters. The van der Waals surface area contributed by atoms with Gasteiger partial charge in [0.1, 0.15) is 35.4 Å². The van der Waals surface area contributed by atoms with Crippen LogP contribution in [-0.4, -0.2) is 39.7 Å². The van der Waals surface area contributed by atoms with Crippen LogP contribution in [0.15, 0.2) is 61.1 Å². The summed E-state index contributed by atoms with van der Waals surface area (Å²) in [5.74, 6) is -1.12. The smallest absolute Gasteiger partial charge is 0.346 e. The number of benzene rings is 2. The fraction of sp³-hybridized carbons (Fsp3) is 0.185. The van der Waals surface area contributed by atoms with Crippen LogP contribution >= 0.6 is 0 Å². The van der Waals surface area contributed by atoms with Gasteiger partial charge in [0.25, 0.3) is 0 Å². The predicted octanol–water partition coefficient (Wildman–Crippen LogP) is 5.96. The van der Waals surface area contributed by atoms with Crippen LogP contribution in [0.1, 0.15) is 23.6 Å². The highest BCUT2D eigenvalue weighted by atomic mass is 19.1. The number of nitrogens with one attached hydrogen (secondary N) is 3. The quantitative estimate of drug-likeness (QED) is 0.280. The van der Waals surface area contributed by atoms with Crippen LogP contribution in [-0.2, 0) is 4.84 Å². The number of carbonyl (C=O) groups is 1. The zero-order valence-electron chi connectivity index (χ0n) is 21.0. The van der Waals surface area contributed by atoms with E-state index in [0.717, 1.165) is 23.3 Å². The molecule has 3 N–H and O–H groups in total. The maximum absolute atomic E-state index is 14.9. The first-order valence-electron chi connectivity index (χ1n) is 12.0. The van der Waals surface area contributed by atoms with Crippen LogP contribution in [0.25, 0.3) is 11.3 Å². The van der Waals surface area contributed by atoms with Crippen molar-refractivity contribution >= 4 is 29.0 Å². The van der Waals surface area contributed by atoms with Gasteiger partial charge in [-0.3, -0.25) is 4.84 Å². The third kappa shape index (κ3) is 5.60. The number of hydroxylamine groups is 2. The van der Waals surface area contributed by atoms with Crippen molar-refractivity contribution in [2.24, 2.45) is 0 Å². The summed E-state index contributed by atoms with van der Waals surface area (Å²) >= 11 is 0. The first kappa shape index (κ1) is 25.9. The van der Waals surface area contributed by atoms with E-state index in [1.54, 1.807) is 32.3 Å². The average molecular weight is 536 g/mol.